The Hall–Kier alpha value is -1.10. The summed E-state index contributed by atoms with van der Waals surface area (Å²) in [5.74, 6) is -0.551. The Morgan fingerprint density at radius 1 is 1.00 bits per heavy atom. The van der Waals surface area contributed by atoms with Crippen molar-refractivity contribution in [1.29, 1.82) is 0 Å². The van der Waals surface area contributed by atoms with Crippen molar-refractivity contribution in [2.75, 3.05) is 26.2 Å². The van der Waals surface area contributed by atoms with Crippen molar-refractivity contribution in [2.24, 2.45) is 0 Å². The average molecular weight is 237 g/mol. The van der Waals surface area contributed by atoms with Crippen LogP contribution in [0.1, 0.15) is 25.7 Å². The third-order valence-corrected chi connectivity index (χ3v) is 4.23. The number of piperazine rings is 2. The standard InChI is InChI=1S/C12H19N3O2/c16-11-12(17)15(9-3-1-2-4-9)8-10-7-13-5-6-14(10)11/h9-10,13H,1-8H2. The Kier molecular flexibility index (Phi) is 2.78. The van der Waals surface area contributed by atoms with Crippen molar-refractivity contribution in [1.82, 2.24) is 15.1 Å². The molecule has 0 aromatic heterocycles. The highest BCUT2D eigenvalue weighted by molar-refractivity contribution is 6.35. The highest BCUT2D eigenvalue weighted by atomic mass is 16.2. The lowest BCUT2D eigenvalue weighted by molar-refractivity contribution is -0.161. The zero-order chi connectivity index (χ0) is 11.8. The lowest BCUT2D eigenvalue weighted by Gasteiger charge is -2.45. The van der Waals surface area contributed by atoms with Crippen LogP contribution in [0.5, 0.6) is 0 Å². The smallest absolute Gasteiger partial charge is 0.312 e. The molecule has 0 spiro atoms. The molecule has 2 saturated heterocycles. The van der Waals surface area contributed by atoms with E-state index in [2.05, 4.69) is 5.32 Å². The molecule has 0 aromatic rings. The van der Waals surface area contributed by atoms with E-state index in [9.17, 15) is 9.59 Å². The van der Waals surface area contributed by atoms with Gasteiger partial charge in [-0.1, -0.05) is 12.8 Å². The van der Waals surface area contributed by atoms with Crippen LogP contribution in [0.4, 0.5) is 0 Å². The molecule has 2 aliphatic heterocycles. The van der Waals surface area contributed by atoms with E-state index in [-0.39, 0.29) is 17.9 Å². The molecule has 0 radical (unpaired) electrons. The number of amides is 2. The molecule has 1 atom stereocenters. The Morgan fingerprint density at radius 3 is 2.47 bits per heavy atom. The van der Waals surface area contributed by atoms with Crippen molar-refractivity contribution in [2.45, 2.75) is 37.8 Å². The van der Waals surface area contributed by atoms with Crippen molar-refractivity contribution in [3.05, 3.63) is 0 Å². The van der Waals surface area contributed by atoms with Gasteiger partial charge >= 0.3 is 11.8 Å². The quantitative estimate of drug-likeness (QED) is 0.630. The van der Waals surface area contributed by atoms with Crippen molar-refractivity contribution in [3.8, 4) is 0 Å². The molecule has 2 amide bonds. The Labute approximate surface area is 101 Å². The van der Waals surface area contributed by atoms with Crippen LogP contribution in [-0.4, -0.2) is 59.9 Å². The highest BCUT2D eigenvalue weighted by Gasteiger charge is 2.42. The summed E-state index contributed by atoms with van der Waals surface area (Å²) < 4.78 is 0. The number of carbonyl (C=O) groups is 2. The zero-order valence-electron chi connectivity index (χ0n) is 10.0. The molecule has 5 heteroatoms. The molecule has 3 rings (SSSR count). The van der Waals surface area contributed by atoms with Gasteiger partial charge in [-0.05, 0) is 12.8 Å². The Bertz CT molecular complexity index is 339. The molecule has 3 fully saturated rings. The lowest BCUT2D eigenvalue weighted by atomic mass is 10.1. The minimum atomic E-state index is -0.283. The van der Waals surface area contributed by atoms with Gasteiger partial charge in [0.05, 0.1) is 6.04 Å². The number of hydrogen-bond acceptors (Lipinski definition) is 3. The molecule has 1 N–H and O–H groups in total. The van der Waals surface area contributed by atoms with Gasteiger partial charge in [-0.15, -0.1) is 0 Å². The first-order chi connectivity index (χ1) is 8.27. The van der Waals surface area contributed by atoms with Crippen molar-refractivity contribution < 1.29 is 9.59 Å². The van der Waals surface area contributed by atoms with E-state index >= 15 is 0 Å². The van der Waals surface area contributed by atoms with E-state index in [1.165, 1.54) is 12.8 Å². The first kappa shape index (κ1) is 11.0. The predicted molar refractivity (Wildman–Crippen MR) is 62.3 cm³/mol. The van der Waals surface area contributed by atoms with Gasteiger partial charge in [-0.2, -0.15) is 0 Å². The molecule has 0 aromatic carbocycles. The maximum Gasteiger partial charge on any atom is 0.312 e. The fourth-order valence-corrected chi connectivity index (χ4v) is 3.28. The summed E-state index contributed by atoms with van der Waals surface area (Å²) in [5, 5.41) is 3.30. The second-order valence-corrected chi connectivity index (χ2v) is 5.25. The Morgan fingerprint density at radius 2 is 1.71 bits per heavy atom. The molecule has 1 unspecified atom stereocenters. The minimum Gasteiger partial charge on any atom is -0.329 e. The summed E-state index contributed by atoms with van der Waals surface area (Å²) in [4.78, 5) is 27.7. The third-order valence-electron chi connectivity index (χ3n) is 4.23. The normalized spacial score (nSPS) is 30.9. The first-order valence-corrected chi connectivity index (χ1v) is 6.59. The summed E-state index contributed by atoms with van der Waals surface area (Å²) in [6, 6.07) is 0.505. The summed E-state index contributed by atoms with van der Waals surface area (Å²) in [5.41, 5.74) is 0. The second-order valence-electron chi connectivity index (χ2n) is 5.25. The zero-order valence-corrected chi connectivity index (χ0v) is 10.0. The largest absolute Gasteiger partial charge is 0.329 e. The molecular weight excluding hydrogens is 218 g/mol. The van der Waals surface area contributed by atoms with E-state index < -0.39 is 0 Å². The number of nitrogens with one attached hydrogen (secondary N) is 1. The average Bonchev–Trinajstić information content (AvgIpc) is 2.87. The van der Waals surface area contributed by atoms with Gasteiger partial charge in [-0.25, -0.2) is 0 Å². The fraction of sp³-hybridized carbons (Fsp3) is 0.833. The van der Waals surface area contributed by atoms with E-state index in [1.807, 2.05) is 4.90 Å². The van der Waals surface area contributed by atoms with Gasteiger partial charge < -0.3 is 15.1 Å². The van der Waals surface area contributed by atoms with Gasteiger partial charge in [0.1, 0.15) is 0 Å². The number of nitrogens with zero attached hydrogens (tertiary/aromatic N) is 2. The van der Waals surface area contributed by atoms with E-state index in [1.54, 1.807) is 4.90 Å². The number of carbonyl (C=O) groups excluding carboxylic acids is 2. The molecule has 5 nitrogen and oxygen atoms in total. The third kappa shape index (κ3) is 1.82. The predicted octanol–water partition coefficient (Wildman–Crippen LogP) is -0.428. The van der Waals surface area contributed by atoms with Crippen LogP contribution in [0.3, 0.4) is 0 Å². The monoisotopic (exact) mass is 237 g/mol. The van der Waals surface area contributed by atoms with Gasteiger partial charge in [0.25, 0.3) is 0 Å². The van der Waals surface area contributed by atoms with Gasteiger partial charge in [0, 0.05) is 32.2 Å². The summed E-state index contributed by atoms with van der Waals surface area (Å²) in [6.45, 7) is 3.02. The maximum absolute atomic E-state index is 12.1. The molecular formula is C12H19N3O2. The van der Waals surface area contributed by atoms with E-state index in [0.29, 0.717) is 12.6 Å². The van der Waals surface area contributed by atoms with E-state index in [4.69, 9.17) is 0 Å². The molecule has 1 saturated carbocycles. The molecule has 2 heterocycles. The number of rotatable bonds is 1. The van der Waals surface area contributed by atoms with Gasteiger partial charge in [0.15, 0.2) is 0 Å². The number of fused-ring (bicyclic) bond motifs is 1. The maximum atomic E-state index is 12.1. The molecule has 0 bridgehead atoms. The fourth-order valence-electron chi connectivity index (χ4n) is 3.28. The molecule has 3 aliphatic rings. The molecule has 1 aliphatic carbocycles. The van der Waals surface area contributed by atoms with Crippen LogP contribution in [0, 0.1) is 0 Å². The number of hydrogen-bond donors (Lipinski definition) is 1. The highest BCUT2D eigenvalue weighted by Crippen LogP contribution is 2.26. The van der Waals surface area contributed by atoms with Crippen molar-refractivity contribution in [3.63, 3.8) is 0 Å². The van der Waals surface area contributed by atoms with Gasteiger partial charge in [0.2, 0.25) is 0 Å². The summed E-state index contributed by atoms with van der Waals surface area (Å²) >= 11 is 0. The summed E-state index contributed by atoms with van der Waals surface area (Å²) in [6.07, 6.45) is 4.52. The summed E-state index contributed by atoms with van der Waals surface area (Å²) in [7, 11) is 0. The van der Waals surface area contributed by atoms with Crippen molar-refractivity contribution >= 4 is 11.8 Å². The van der Waals surface area contributed by atoms with Crippen LogP contribution in [0.2, 0.25) is 0 Å². The lowest BCUT2D eigenvalue weighted by Crippen LogP contribution is -2.66. The van der Waals surface area contributed by atoms with Crippen LogP contribution >= 0.6 is 0 Å². The molecule has 17 heavy (non-hydrogen) atoms. The van der Waals surface area contributed by atoms with E-state index in [0.717, 1.165) is 32.5 Å². The van der Waals surface area contributed by atoms with Crippen LogP contribution in [0.15, 0.2) is 0 Å². The first-order valence-electron chi connectivity index (χ1n) is 6.59. The van der Waals surface area contributed by atoms with Gasteiger partial charge in [-0.3, -0.25) is 9.59 Å². The van der Waals surface area contributed by atoms with Crippen LogP contribution in [0.25, 0.3) is 0 Å². The minimum absolute atomic E-state index is 0.189. The Balaban J connectivity index is 1.77. The molecule has 94 valence electrons. The van der Waals surface area contributed by atoms with Crippen LogP contribution < -0.4 is 5.32 Å². The SMILES string of the molecule is O=C1C(=O)N(C2CCCC2)CC2CNCCN12. The van der Waals surface area contributed by atoms with Crippen LogP contribution in [-0.2, 0) is 9.59 Å². The second kappa shape index (κ2) is 4.29. The topological polar surface area (TPSA) is 52.7 Å².